The van der Waals surface area contributed by atoms with Gasteiger partial charge in [-0.15, -0.1) is 24.0 Å². The predicted octanol–water partition coefficient (Wildman–Crippen LogP) is 3.44. The molecule has 21 heavy (non-hydrogen) atoms. The van der Waals surface area contributed by atoms with E-state index in [-0.39, 0.29) is 24.0 Å². The van der Waals surface area contributed by atoms with E-state index in [4.69, 9.17) is 0 Å². The Morgan fingerprint density at radius 3 is 2.14 bits per heavy atom. The van der Waals surface area contributed by atoms with Crippen molar-refractivity contribution >= 4 is 29.9 Å². The van der Waals surface area contributed by atoms with Gasteiger partial charge in [-0.05, 0) is 30.5 Å². The van der Waals surface area contributed by atoms with Crippen molar-refractivity contribution in [2.24, 2.45) is 4.99 Å². The van der Waals surface area contributed by atoms with Gasteiger partial charge in [-0.25, -0.2) is 0 Å². The third-order valence-corrected chi connectivity index (χ3v) is 2.75. The lowest BCUT2D eigenvalue weighted by Crippen LogP contribution is -2.38. The average Bonchev–Trinajstić information content (AvgIpc) is 2.42. The molecular weight excluding hydrogens is 394 g/mol. The summed E-state index contributed by atoms with van der Waals surface area (Å²) in [4.78, 5) is 4.05. The van der Waals surface area contributed by atoms with Crippen LogP contribution in [0.3, 0.4) is 0 Å². The molecule has 0 amide bonds. The zero-order valence-electron chi connectivity index (χ0n) is 12.1. The third-order valence-electron chi connectivity index (χ3n) is 2.75. The molecule has 1 aromatic rings. The number of rotatable bonds is 5. The van der Waals surface area contributed by atoms with Gasteiger partial charge in [0, 0.05) is 20.1 Å². The van der Waals surface area contributed by atoms with Gasteiger partial charge in [0.2, 0.25) is 0 Å². The smallest absolute Gasteiger partial charge is 0.356 e. The maximum absolute atomic E-state index is 12.4. The van der Waals surface area contributed by atoms with E-state index in [1.165, 1.54) is 12.1 Å². The highest BCUT2D eigenvalue weighted by atomic mass is 127. The van der Waals surface area contributed by atoms with E-state index < -0.39 is 11.7 Å². The van der Waals surface area contributed by atoms with Crippen molar-refractivity contribution < 1.29 is 13.2 Å². The summed E-state index contributed by atoms with van der Waals surface area (Å²) < 4.78 is 37.2. The Morgan fingerprint density at radius 1 is 1.10 bits per heavy atom. The van der Waals surface area contributed by atoms with Crippen LogP contribution in [0.25, 0.3) is 0 Å². The summed E-state index contributed by atoms with van der Waals surface area (Å²) in [5.74, 6) is 0.707. The number of benzene rings is 1. The minimum Gasteiger partial charge on any atom is -0.356 e. The van der Waals surface area contributed by atoms with Crippen molar-refractivity contribution in [1.82, 2.24) is 10.6 Å². The zero-order valence-corrected chi connectivity index (χ0v) is 14.5. The number of aliphatic imine (C=N–C) groups is 1. The van der Waals surface area contributed by atoms with Crippen molar-refractivity contribution in [3.63, 3.8) is 0 Å². The lowest BCUT2D eigenvalue weighted by Gasteiger charge is -2.11. The molecule has 2 N–H and O–H groups in total. The van der Waals surface area contributed by atoms with Gasteiger partial charge in [-0.1, -0.05) is 19.1 Å². The summed E-state index contributed by atoms with van der Waals surface area (Å²) in [6.45, 7) is 3.51. The van der Waals surface area contributed by atoms with E-state index in [1.807, 2.05) is 0 Å². The van der Waals surface area contributed by atoms with Gasteiger partial charge in [-0.2, -0.15) is 13.2 Å². The summed E-state index contributed by atoms with van der Waals surface area (Å²) >= 11 is 0. The molecule has 0 atom stereocenters. The fourth-order valence-corrected chi connectivity index (χ4v) is 1.65. The maximum Gasteiger partial charge on any atom is 0.416 e. The van der Waals surface area contributed by atoms with Crippen molar-refractivity contribution in [1.29, 1.82) is 0 Å². The Bertz CT molecular complexity index is 430. The van der Waals surface area contributed by atoms with Crippen molar-refractivity contribution in [2.45, 2.75) is 25.9 Å². The standard InChI is InChI=1S/C14H20F3N3.HI/c1-3-9-19-13(18-2)20-10-8-11-4-6-12(7-5-11)14(15,16)17;/h4-7H,3,8-10H2,1-2H3,(H2,18,19,20);1H. The summed E-state index contributed by atoms with van der Waals surface area (Å²) in [6, 6.07) is 5.23. The topological polar surface area (TPSA) is 36.4 Å². The number of halogens is 4. The molecule has 0 aliphatic heterocycles. The molecule has 120 valence electrons. The van der Waals surface area contributed by atoms with E-state index in [0.29, 0.717) is 18.9 Å². The molecule has 0 radical (unpaired) electrons. The van der Waals surface area contributed by atoms with Crippen LogP contribution in [0.15, 0.2) is 29.3 Å². The fraction of sp³-hybridized carbons (Fsp3) is 0.500. The highest BCUT2D eigenvalue weighted by Gasteiger charge is 2.29. The highest BCUT2D eigenvalue weighted by molar-refractivity contribution is 14.0. The Balaban J connectivity index is 0.00000400. The molecule has 0 bridgehead atoms. The second-order valence-electron chi connectivity index (χ2n) is 4.37. The minimum atomic E-state index is -4.27. The van der Waals surface area contributed by atoms with Crippen LogP contribution in [0, 0.1) is 0 Å². The van der Waals surface area contributed by atoms with Crippen LogP contribution in [0.2, 0.25) is 0 Å². The molecule has 0 saturated heterocycles. The number of nitrogens with zero attached hydrogens (tertiary/aromatic N) is 1. The molecule has 0 fully saturated rings. The summed E-state index contributed by atoms with van der Waals surface area (Å²) in [6.07, 6.45) is -2.63. The third kappa shape index (κ3) is 7.54. The lowest BCUT2D eigenvalue weighted by atomic mass is 10.1. The monoisotopic (exact) mass is 415 g/mol. The van der Waals surface area contributed by atoms with Gasteiger partial charge in [0.15, 0.2) is 5.96 Å². The molecule has 7 heteroatoms. The molecule has 0 unspecified atom stereocenters. The number of guanidine groups is 1. The van der Waals surface area contributed by atoms with Crippen molar-refractivity contribution in [3.05, 3.63) is 35.4 Å². The zero-order chi connectivity index (χ0) is 15.0. The SMILES string of the molecule is CCCNC(=NC)NCCc1ccc(C(F)(F)F)cc1.I. The first kappa shape index (κ1) is 20.0. The molecule has 3 nitrogen and oxygen atoms in total. The highest BCUT2D eigenvalue weighted by Crippen LogP contribution is 2.29. The second-order valence-corrected chi connectivity index (χ2v) is 4.37. The molecule has 1 aromatic carbocycles. The molecule has 0 heterocycles. The summed E-state index contributed by atoms with van der Waals surface area (Å²) in [5, 5.41) is 6.24. The number of hydrogen-bond acceptors (Lipinski definition) is 1. The van der Waals surface area contributed by atoms with Gasteiger partial charge in [0.25, 0.3) is 0 Å². The summed E-state index contributed by atoms with van der Waals surface area (Å²) in [7, 11) is 1.68. The largest absolute Gasteiger partial charge is 0.416 e. The van der Waals surface area contributed by atoms with Crippen LogP contribution in [-0.4, -0.2) is 26.1 Å². The Kier molecular flexibility index (Phi) is 9.39. The van der Waals surface area contributed by atoms with Crippen LogP contribution in [-0.2, 0) is 12.6 Å². The molecule has 1 rings (SSSR count). The molecule has 0 spiro atoms. The summed E-state index contributed by atoms with van der Waals surface area (Å²) in [5.41, 5.74) is 0.242. The van der Waals surface area contributed by atoms with E-state index in [2.05, 4.69) is 22.5 Å². The first-order valence-corrected chi connectivity index (χ1v) is 6.58. The molecule has 0 aromatic heterocycles. The van der Waals surface area contributed by atoms with Gasteiger partial charge < -0.3 is 10.6 Å². The Hall–Kier alpha value is -0.990. The van der Waals surface area contributed by atoms with Gasteiger partial charge in [-0.3, -0.25) is 4.99 Å². The molecule has 0 aliphatic carbocycles. The van der Waals surface area contributed by atoms with Crippen LogP contribution in [0.4, 0.5) is 13.2 Å². The Labute approximate surface area is 140 Å². The maximum atomic E-state index is 12.4. The molecule has 0 aliphatic rings. The van der Waals surface area contributed by atoms with E-state index in [1.54, 1.807) is 7.05 Å². The molecule has 0 saturated carbocycles. The minimum absolute atomic E-state index is 0. The van der Waals surface area contributed by atoms with Crippen molar-refractivity contribution in [3.8, 4) is 0 Å². The van der Waals surface area contributed by atoms with Crippen LogP contribution in [0.5, 0.6) is 0 Å². The van der Waals surface area contributed by atoms with Crippen LogP contribution < -0.4 is 10.6 Å². The first-order chi connectivity index (χ1) is 9.47. The number of hydrogen-bond donors (Lipinski definition) is 2. The average molecular weight is 415 g/mol. The predicted molar refractivity (Wildman–Crippen MR) is 90.2 cm³/mol. The van der Waals surface area contributed by atoms with Crippen LogP contribution in [0.1, 0.15) is 24.5 Å². The van der Waals surface area contributed by atoms with E-state index >= 15 is 0 Å². The van der Waals surface area contributed by atoms with E-state index in [0.717, 1.165) is 30.7 Å². The first-order valence-electron chi connectivity index (χ1n) is 6.58. The van der Waals surface area contributed by atoms with Crippen LogP contribution >= 0.6 is 24.0 Å². The van der Waals surface area contributed by atoms with Gasteiger partial charge in [0.1, 0.15) is 0 Å². The number of alkyl halides is 3. The second kappa shape index (κ2) is 9.86. The number of nitrogens with one attached hydrogen (secondary N) is 2. The molecular formula is C14H21F3IN3. The quantitative estimate of drug-likeness (QED) is 0.439. The van der Waals surface area contributed by atoms with Crippen molar-refractivity contribution in [2.75, 3.05) is 20.1 Å². The normalized spacial score (nSPS) is 11.8. The fourth-order valence-electron chi connectivity index (χ4n) is 1.65. The lowest BCUT2D eigenvalue weighted by molar-refractivity contribution is -0.137. The van der Waals surface area contributed by atoms with E-state index in [9.17, 15) is 13.2 Å². The Morgan fingerprint density at radius 2 is 1.67 bits per heavy atom. The van der Waals surface area contributed by atoms with Gasteiger partial charge >= 0.3 is 6.18 Å². The van der Waals surface area contributed by atoms with Gasteiger partial charge in [0.05, 0.1) is 5.56 Å².